The minimum atomic E-state index is -0.130. The molecule has 0 aromatic carbocycles. The fourth-order valence-corrected chi connectivity index (χ4v) is 1.48. The van der Waals surface area contributed by atoms with Crippen molar-refractivity contribution in [1.29, 1.82) is 0 Å². The molecule has 0 amide bonds. The van der Waals surface area contributed by atoms with E-state index >= 15 is 0 Å². The quantitative estimate of drug-likeness (QED) is 0.597. The van der Waals surface area contributed by atoms with Gasteiger partial charge >= 0.3 is 0 Å². The van der Waals surface area contributed by atoms with Gasteiger partial charge < -0.3 is 10.4 Å². The first kappa shape index (κ1) is 8.75. The van der Waals surface area contributed by atoms with E-state index in [1.54, 1.807) is 0 Å². The molecule has 0 aromatic heterocycles. The zero-order valence-electron chi connectivity index (χ0n) is 7.14. The summed E-state index contributed by atoms with van der Waals surface area (Å²) in [5.41, 5.74) is 1.13. The van der Waals surface area contributed by atoms with Gasteiger partial charge in [0.2, 0.25) is 0 Å². The van der Waals surface area contributed by atoms with Crippen LogP contribution in [0.2, 0.25) is 0 Å². The molecule has 2 heteroatoms. The van der Waals surface area contributed by atoms with Crippen molar-refractivity contribution in [2.45, 2.75) is 38.3 Å². The number of hydrogen-bond donors (Lipinski definition) is 2. The summed E-state index contributed by atoms with van der Waals surface area (Å²) in [5, 5.41) is 12.7. The summed E-state index contributed by atoms with van der Waals surface area (Å²) in [7, 11) is 0. The maximum Gasteiger partial charge on any atom is 0.0693 e. The highest BCUT2D eigenvalue weighted by Gasteiger charge is 2.23. The summed E-state index contributed by atoms with van der Waals surface area (Å²) in [6.07, 6.45) is 3.08. The molecule has 0 saturated heterocycles. The molecule has 1 aliphatic rings. The number of rotatable bonds is 3. The molecule has 11 heavy (non-hydrogen) atoms. The van der Waals surface area contributed by atoms with Gasteiger partial charge in [0.1, 0.15) is 0 Å². The molecule has 64 valence electrons. The summed E-state index contributed by atoms with van der Waals surface area (Å²) >= 11 is 0. The Balaban J connectivity index is 2.20. The van der Waals surface area contributed by atoms with Crippen molar-refractivity contribution in [2.75, 3.05) is 6.54 Å². The van der Waals surface area contributed by atoms with Crippen molar-refractivity contribution in [1.82, 2.24) is 5.32 Å². The Morgan fingerprint density at radius 1 is 1.64 bits per heavy atom. The van der Waals surface area contributed by atoms with Gasteiger partial charge in [-0.3, -0.25) is 0 Å². The Morgan fingerprint density at radius 3 is 2.82 bits per heavy atom. The second-order valence-corrected chi connectivity index (χ2v) is 3.44. The monoisotopic (exact) mass is 155 g/mol. The molecule has 0 spiro atoms. The van der Waals surface area contributed by atoms with Crippen LogP contribution in [0.1, 0.15) is 26.2 Å². The normalized spacial score (nSPS) is 30.7. The molecule has 0 heterocycles. The van der Waals surface area contributed by atoms with Crippen LogP contribution in [0.4, 0.5) is 0 Å². The Bertz CT molecular complexity index is 144. The second kappa shape index (κ2) is 3.88. The van der Waals surface area contributed by atoms with Crippen molar-refractivity contribution in [3.05, 3.63) is 12.2 Å². The van der Waals surface area contributed by atoms with E-state index in [1.807, 2.05) is 6.92 Å². The molecule has 1 fully saturated rings. The zero-order valence-corrected chi connectivity index (χ0v) is 7.14. The van der Waals surface area contributed by atoms with Gasteiger partial charge in [-0.2, -0.15) is 0 Å². The van der Waals surface area contributed by atoms with Gasteiger partial charge in [0.25, 0.3) is 0 Å². The summed E-state index contributed by atoms with van der Waals surface area (Å²) in [6.45, 7) is 6.63. The highest BCUT2D eigenvalue weighted by atomic mass is 16.3. The van der Waals surface area contributed by atoms with Gasteiger partial charge in [-0.25, -0.2) is 0 Å². The number of aliphatic hydroxyl groups is 1. The van der Waals surface area contributed by atoms with Crippen molar-refractivity contribution in [2.24, 2.45) is 0 Å². The zero-order chi connectivity index (χ0) is 8.27. The fourth-order valence-electron chi connectivity index (χ4n) is 1.48. The van der Waals surface area contributed by atoms with E-state index in [0.29, 0.717) is 6.04 Å². The van der Waals surface area contributed by atoms with Crippen LogP contribution in [0, 0.1) is 0 Å². The first-order valence-corrected chi connectivity index (χ1v) is 4.26. The van der Waals surface area contributed by atoms with Crippen molar-refractivity contribution < 1.29 is 5.11 Å². The summed E-state index contributed by atoms with van der Waals surface area (Å²) in [4.78, 5) is 0. The van der Waals surface area contributed by atoms with E-state index in [-0.39, 0.29) is 6.10 Å². The minimum Gasteiger partial charge on any atom is -0.392 e. The van der Waals surface area contributed by atoms with E-state index in [0.717, 1.165) is 31.4 Å². The first-order chi connectivity index (χ1) is 5.20. The maximum atomic E-state index is 9.41. The lowest BCUT2D eigenvalue weighted by Gasteiger charge is -2.15. The molecule has 2 atom stereocenters. The summed E-state index contributed by atoms with van der Waals surface area (Å²) in [5.74, 6) is 0. The van der Waals surface area contributed by atoms with Crippen LogP contribution in [0.25, 0.3) is 0 Å². The van der Waals surface area contributed by atoms with E-state index in [1.165, 1.54) is 0 Å². The molecule has 2 N–H and O–H groups in total. The average molecular weight is 155 g/mol. The van der Waals surface area contributed by atoms with E-state index in [4.69, 9.17) is 0 Å². The lowest BCUT2D eigenvalue weighted by Crippen LogP contribution is -2.36. The van der Waals surface area contributed by atoms with Crippen LogP contribution in [-0.4, -0.2) is 23.8 Å². The largest absolute Gasteiger partial charge is 0.392 e. The molecule has 0 radical (unpaired) electrons. The average Bonchev–Trinajstić information content (AvgIpc) is 2.31. The van der Waals surface area contributed by atoms with Crippen molar-refractivity contribution >= 4 is 0 Å². The van der Waals surface area contributed by atoms with Crippen LogP contribution >= 0.6 is 0 Å². The van der Waals surface area contributed by atoms with Crippen LogP contribution in [0.15, 0.2) is 12.2 Å². The molecule has 0 aliphatic heterocycles. The van der Waals surface area contributed by atoms with Crippen LogP contribution in [-0.2, 0) is 0 Å². The predicted octanol–water partition coefficient (Wildman–Crippen LogP) is 1.07. The minimum absolute atomic E-state index is 0.130. The smallest absolute Gasteiger partial charge is 0.0693 e. The Morgan fingerprint density at radius 2 is 2.36 bits per heavy atom. The Hall–Kier alpha value is -0.340. The third kappa shape index (κ3) is 2.64. The number of aliphatic hydroxyl groups excluding tert-OH is 1. The molecule has 2 unspecified atom stereocenters. The molecule has 2 nitrogen and oxygen atoms in total. The lowest BCUT2D eigenvalue weighted by atomic mass is 10.2. The topological polar surface area (TPSA) is 32.3 Å². The molecule has 1 aliphatic carbocycles. The molecular formula is C9H17NO. The van der Waals surface area contributed by atoms with E-state index in [9.17, 15) is 5.11 Å². The lowest BCUT2D eigenvalue weighted by molar-refractivity contribution is 0.151. The highest BCUT2D eigenvalue weighted by Crippen LogP contribution is 2.18. The van der Waals surface area contributed by atoms with Crippen molar-refractivity contribution in [3.8, 4) is 0 Å². The SMILES string of the molecule is C=C(C)CNC1CCCC1O. The standard InChI is InChI=1S/C9H17NO/c1-7(2)6-10-8-4-3-5-9(8)11/h8-11H,1,3-6H2,2H3. The second-order valence-electron chi connectivity index (χ2n) is 3.44. The van der Waals surface area contributed by atoms with Gasteiger partial charge in [0, 0.05) is 12.6 Å². The predicted molar refractivity (Wildman–Crippen MR) is 46.5 cm³/mol. The summed E-state index contributed by atoms with van der Waals surface area (Å²) < 4.78 is 0. The molecule has 1 saturated carbocycles. The fraction of sp³-hybridized carbons (Fsp3) is 0.778. The van der Waals surface area contributed by atoms with Crippen molar-refractivity contribution in [3.63, 3.8) is 0 Å². The van der Waals surface area contributed by atoms with Gasteiger partial charge in [0.15, 0.2) is 0 Å². The molecular weight excluding hydrogens is 138 g/mol. The third-order valence-corrected chi connectivity index (χ3v) is 2.15. The van der Waals surface area contributed by atoms with E-state index < -0.39 is 0 Å². The van der Waals surface area contributed by atoms with E-state index in [2.05, 4.69) is 11.9 Å². The van der Waals surface area contributed by atoms with Gasteiger partial charge in [-0.15, -0.1) is 0 Å². The number of nitrogens with one attached hydrogen (secondary N) is 1. The maximum absolute atomic E-state index is 9.41. The third-order valence-electron chi connectivity index (χ3n) is 2.15. The Labute approximate surface area is 68.3 Å². The first-order valence-electron chi connectivity index (χ1n) is 4.26. The van der Waals surface area contributed by atoms with Gasteiger partial charge in [0.05, 0.1) is 6.10 Å². The molecule has 1 rings (SSSR count). The van der Waals surface area contributed by atoms with Crippen LogP contribution in [0.3, 0.4) is 0 Å². The molecule has 0 bridgehead atoms. The van der Waals surface area contributed by atoms with Gasteiger partial charge in [-0.1, -0.05) is 12.2 Å². The van der Waals surface area contributed by atoms with Crippen LogP contribution < -0.4 is 5.32 Å². The van der Waals surface area contributed by atoms with Crippen LogP contribution in [0.5, 0.6) is 0 Å². The number of hydrogen-bond acceptors (Lipinski definition) is 2. The summed E-state index contributed by atoms with van der Waals surface area (Å²) in [6, 6.07) is 0.312. The highest BCUT2D eigenvalue weighted by molar-refractivity contribution is 4.94. The molecule has 0 aromatic rings. The Kier molecular flexibility index (Phi) is 3.09. The van der Waals surface area contributed by atoms with Gasteiger partial charge in [-0.05, 0) is 26.2 Å².